The maximum atomic E-state index is 11.2. The quantitative estimate of drug-likeness (QED) is 0.602. The van der Waals surface area contributed by atoms with E-state index in [0.29, 0.717) is 18.4 Å². The van der Waals surface area contributed by atoms with Gasteiger partial charge in [-0.3, -0.25) is 4.79 Å². The molecule has 0 unspecified atom stereocenters. The molecule has 1 spiro atoms. The molecular weight excluding hydrogens is 272 g/mol. The SMILES string of the molecule is C=C(CC(=O)OC)C[C@@H](O)C[C@@H]1CC2(CC2)OC(C)(C)O1. The minimum Gasteiger partial charge on any atom is -0.469 e. The van der Waals surface area contributed by atoms with Gasteiger partial charge in [-0.2, -0.15) is 0 Å². The van der Waals surface area contributed by atoms with E-state index in [9.17, 15) is 9.90 Å². The van der Waals surface area contributed by atoms with Crippen molar-refractivity contribution in [2.45, 2.75) is 76.0 Å². The summed E-state index contributed by atoms with van der Waals surface area (Å²) >= 11 is 0. The highest BCUT2D eigenvalue weighted by Gasteiger charge is 2.53. The third kappa shape index (κ3) is 4.80. The van der Waals surface area contributed by atoms with Gasteiger partial charge < -0.3 is 19.3 Å². The lowest BCUT2D eigenvalue weighted by atomic mass is 9.97. The maximum Gasteiger partial charge on any atom is 0.309 e. The van der Waals surface area contributed by atoms with Crippen molar-refractivity contribution in [3.8, 4) is 0 Å². The Morgan fingerprint density at radius 1 is 1.48 bits per heavy atom. The van der Waals surface area contributed by atoms with Crippen molar-refractivity contribution >= 4 is 5.97 Å². The van der Waals surface area contributed by atoms with Crippen LogP contribution in [0.1, 0.15) is 52.4 Å². The first-order valence-electron chi connectivity index (χ1n) is 7.53. The van der Waals surface area contributed by atoms with Crippen LogP contribution in [0, 0.1) is 0 Å². The van der Waals surface area contributed by atoms with Crippen molar-refractivity contribution in [2.24, 2.45) is 0 Å². The van der Waals surface area contributed by atoms with Crippen molar-refractivity contribution in [1.82, 2.24) is 0 Å². The summed E-state index contributed by atoms with van der Waals surface area (Å²) in [6.07, 6.45) is 3.48. The largest absolute Gasteiger partial charge is 0.469 e. The first-order valence-corrected chi connectivity index (χ1v) is 7.53. The lowest BCUT2D eigenvalue weighted by Gasteiger charge is -2.42. The van der Waals surface area contributed by atoms with E-state index in [4.69, 9.17) is 9.47 Å². The van der Waals surface area contributed by atoms with Crippen LogP contribution in [0.3, 0.4) is 0 Å². The zero-order valence-corrected chi connectivity index (χ0v) is 13.2. The van der Waals surface area contributed by atoms with Crippen LogP contribution in [0.4, 0.5) is 0 Å². The van der Waals surface area contributed by atoms with E-state index >= 15 is 0 Å². The first kappa shape index (κ1) is 16.5. The van der Waals surface area contributed by atoms with Gasteiger partial charge in [-0.25, -0.2) is 0 Å². The van der Waals surface area contributed by atoms with Crippen molar-refractivity contribution in [3.63, 3.8) is 0 Å². The number of ether oxygens (including phenoxy) is 3. The highest BCUT2D eigenvalue weighted by Crippen LogP contribution is 2.51. The molecule has 0 bridgehead atoms. The average molecular weight is 298 g/mol. The molecule has 5 nitrogen and oxygen atoms in total. The smallest absolute Gasteiger partial charge is 0.309 e. The second-order valence-corrected chi connectivity index (χ2v) is 6.73. The lowest BCUT2D eigenvalue weighted by Crippen LogP contribution is -2.46. The van der Waals surface area contributed by atoms with Crippen molar-refractivity contribution < 1.29 is 24.1 Å². The monoisotopic (exact) mass is 298 g/mol. The van der Waals surface area contributed by atoms with Crippen LogP contribution in [-0.4, -0.2) is 41.8 Å². The molecule has 2 aliphatic rings. The second kappa shape index (κ2) is 6.07. The summed E-state index contributed by atoms with van der Waals surface area (Å²) in [5.74, 6) is -0.921. The Morgan fingerprint density at radius 3 is 2.71 bits per heavy atom. The summed E-state index contributed by atoms with van der Waals surface area (Å²) in [6.45, 7) is 7.66. The fourth-order valence-electron chi connectivity index (χ4n) is 3.09. The Morgan fingerprint density at radius 2 is 2.14 bits per heavy atom. The number of carbonyl (C=O) groups is 1. The van der Waals surface area contributed by atoms with Gasteiger partial charge in [0.15, 0.2) is 5.79 Å². The first-order chi connectivity index (χ1) is 9.73. The van der Waals surface area contributed by atoms with Gasteiger partial charge in [-0.05, 0) is 33.1 Å². The number of rotatable bonds is 6. The summed E-state index contributed by atoms with van der Waals surface area (Å²) in [7, 11) is 1.35. The van der Waals surface area contributed by atoms with E-state index in [1.807, 2.05) is 13.8 Å². The van der Waals surface area contributed by atoms with Crippen LogP contribution in [-0.2, 0) is 19.0 Å². The van der Waals surface area contributed by atoms with Crippen LogP contribution in [0.5, 0.6) is 0 Å². The molecule has 1 saturated carbocycles. The Bertz CT molecular complexity index is 405. The predicted octanol–water partition coefficient (Wildman–Crippen LogP) is 2.32. The maximum absolute atomic E-state index is 11.2. The molecule has 0 radical (unpaired) electrons. The van der Waals surface area contributed by atoms with Gasteiger partial charge in [-0.15, -0.1) is 0 Å². The summed E-state index contributed by atoms with van der Waals surface area (Å²) < 4.78 is 16.4. The van der Waals surface area contributed by atoms with Gasteiger partial charge in [0.2, 0.25) is 0 Å². The minimum atomic E-state index is -0.595. The van der Waals surface area contributed by atoms with E-state index in [1.54, 1.807) is 0 Å². The third-order valence-electron chi connectivity index (χ3n) is 4.00. The Kier molecular flexibility index (Phi) is 4.76. The molecule has 1 saturated heterocycles. The molecule has 0 aromatic carbocycles. The highest BCUT2D eigenvalue weighted by atomic mass is 16.7. The number of hydrogen-bond acceptors (Lipinski definition) is 5. The van der Waals surface area contributed by atoms with Gasteiger partial charge in [-0.1, -0.05) is 12.2 Å². The van der Waals surface area contributed by atoms with Crippen molar-refractivity contribution in [3.05, 3.63) is 12.2 Å². The van der Waals surface area contributed by atoms with Crippen molar-refractivity contribution in [1.29, 1.82) is 0 Å². The molecule has 1 aliphatic heterocycles. The number of carbonyl (C=O) groups excluding carboxylic acids is 1. The van der Waals surface area contributed by atoms with E-state index in [-0.39, 0.29) is 24.1 Å². The van der Waals surface area contributed by atoms with Gasteiger partial charge >= 0.3 is 5.97 Å². The second-order valence-electron chi connectivity index (χ2n) is 6.73. The molecular formula is C16H26O5. The van der Waals surface area contributed by atoms with Crippen LogP contribution in [0.2, 0.25) is 0 Å². The Labute approximate surface area is 126 Å². The highest BCUT2D eigenvalue weighted by molar-refractivity contribution is 5.72. The predicted molar refractivity (Wildman–Crippen MR) is 77.6 cm³/mol. The summed E-state index contributed by atoms with van der Waals surface area (Å²) in [4.78, 5) is 11.2. The summed E-state index contributed by atoms with van der Waals surface area (Å²) in [6, 6.07) is 0. The van der Waals surface area contributed by atoms with E-state index < -0.39 is 11.9 Å². The molecule has 1 heterocycles. The van der Waals surface area contributed by atoms with Crippen LogP contribution >= 0.6 is 0 Å². The topological polar surface area (TPSA) is 65.0 Å². The molecule has 2 rings (SSSR count). The van der Waals surface area contributed by atoms with E-state index in [0.717, 1.165) is 19.3 Å². The van der Waals surface area contributed by atoms with Crippen LogP contribution < -0.4 is 0 Å². The number of methoxy groups -OCH3 is 1. The van der Waals surface area contributed by atoms with E-state index in [1.165, 1.54) is 7.11 Å². The number of esters is 1. The molecule has 1 N–H and O–H groups in total. The molecule has 2 fully saturated rings. The summed E-state index contributed by atoms with van der Waals surface area (Å²) in [5, 5.41) is 10.2. The zero-order chi connectivity index (χ0) is 15.7. The Balaban J connectivity index is 1.80. The normalized spacial score (nSPS) is 27.1. The number of aliphatic hydroxyl groups is 1. The van der Waals surface area contributed by atoms with Crippen LogP contribution in [0.25, 0.3) is 0 Å². The minimum absolute atomic E-state index is 0.0165. The average Bonchev–Trinajstić information content (AvgIpc) is 3.04. The van der Waals surface area contributed by atoms with Gasteiger partial charge in [0.05, 0.1) is 31.3 Å². The van der Waals surface area contributed by atoms with Gasteiger partial charge in [0, 0.05) is 12.8 Å². The zero-order valence-electron chi connectivity index (χ0n) is 13.2. The standard InChI is InChI=1S/C16H26O5/c1-11(8-14(18)19-4)7-12(17)9-13-10-16(5-6-16)21-15(2,3)20-13/h12-13,17H,1,5-10H2,2-4H3/t12-,13-/m1/s1. The molecule has 0 aromatic heterocycles. The molecule has 5 heteroatoms. The van der Waals surface area contributed by atoms with Gasteiger partial charge in [0.1, 0.15) is 0 Å². The fraction of sp³-hybridized carbons (Fsp3) is 0.812. The molecule has 2 atom stereocenters. The molecule has 0 amide bonds. The lowest BCUT2D eigenvalue weighted by molar-refractivity contribution is -0.311. The third-order valence-corrected chi connectivity index (χ3v) is 4.00. The molecule has 0 aromatic rings. The van der Waals surface area contributed by atoms with Gasteiger partial charge in [0.25, 0.3) is 0 Å². The van der Waals surface area contributed by atoms with Crippen molar-refractivity contribution in [2.75, 3.05) is 7.11 Å². The summed E-state index contributed by atoms with van der Waals surface area (Å²) in [5.41, 5.74) is 0.650. The van der Waals surface area contributed by atoms with E-state index in [2.05, 4.69) is 11.3 Å². The van der Waals surface area contributed by atoms with Crippen LogP contribution in [0.15, 0.2) is 12.2 Å². The fourth-order valence-corrected chi connectivity index (χ4v) is 3.09. The molecule has 1 aliphatic carbocycles. The number of hydrogen-bond donors (Lipinski definition) is 1. The molecule has 120 valence electrons. The molecule has 21 heavy (non-hydrogen) atoms. The Hall–Kier alpha value is -0.910. The number of aliphatic hydroxyl groups excluding tert-OH is 1.